The summed E-state index contributed by atoms with van der Waals surface area (Å²) in [6, 6.07) is 8.04. The minimum absolute atomic E-state index is 0.0189. The molecule has 0 saturated heterocycles. The molecule has 3 N–H and O–H groups in total. The molecule has 1 aromatic rings. The summed E-state index contributed by atoms with van der Waals surface area (Å²) >= 11 is 3.41. The van der Waals surface area contributed by atoms with Crippen molar-refractivity contribution in [2.45, 2.75) is 13.5 Å². The fraction of sp³-hybridized carbons (Fsp3) is 0.500. The third-order valence-electron chi connectivity index (χ3n) is 2.53. The Hall–Kier alpha value is -0.420. The largest absolute Gasteiger partial charge is 0.396 e. The van der Waals surface area contributed by atoms with Gasteiger partial charge in [0.05, 0.1) is 13.2 Å². The first-order valence-electron chi connectivity index (χ1n) is 5.26. The van der Waals surface area contributed by atoms with Crippen molar-refractivity contribution < 1.29 is 10.2 Å². The van der Waals surface area contributed by atoms with E-state index in [0.29, 0.717) is 6.54 Å². The van der Waals surface area contributed by atoms with Crippen LogP contribution >= 0.6 is 15.9 Å². The Bertz CT molecular complexity index is 327. The van der Waals surface area contributed by atoms with Gasteiger partial charge in [-0.15, -0.1) is 0 Å². The summed E-state index contributed by atoms with van der Waals surface area (Å²) < 4.78 is 1.05. The fourth-order valence-corrected chi connectivity index (χ4v) is 1.76. The van der Waals surface area contributed by atoms with Crippen molar-refractivity contribution in [3.05, 3.63) is 34.3 Å². The van der Waals surface area contributed by atoms with E-state index in [1.807, 2.05) is 31.2 Å². The van der Waals surface area contributed by atoms with Crippen molar-refractivity contribution in [1.82, 2.24) is 5.32 Å². The lowest BCUT2D eigenvalue weighted by Crippen LogP contribution is -2.37. The molecule has 0 amide bonds. The third-order valence-corrected chi connectivity index (χ3v) is 3.03. The van der Waals surface area contributed by atoms with Crippen molar-refractivity contribution in [2.75, 3.05) is 19.8 Å². The number of hydrogen-bond acceptors (Lipinski definition) is 3. The Morgan fingerprint density at radius 2 is 2.00 bits per heavy atom. The summed E-state index contributed by atoms with van der Waals surface area (Å²) in [5.74, 6) is 0. The van der Waals surface area contributed by atoms with Gasteiger partial charge in [-0.25, -0.2) is 0 Å². The second-order valence-electron chi connectivity index (χ2n) is 4.36. The first-order valence-corrected chi connectivity index (χ1v) is 6.06. The molecule has 0 aliphatic rings. The molecule has 0 fully saturated rings. The molecule has 0 saturated carbocycles. The number of benzene rings is 1. The molecule has 0 aliphatic heterocycles. The van der Waals surface area contributed by atoms with Gasteiger partial charge in [0, 0.05) is 23.0 Å². The average Bonchev–Trinajstić information content (AvgIpc) is 2.29. The molecule has 0 atom stereocenters. The van der Waals surface area contributed by atoms with Crippen LogP contribution in [0.15, 0.2) is 28.7 Å². The maximum atomic E-state index is 9.12. The zero-order valence-electron chi connectivity index (χ0n) is 9.41. The van der Waals surface area contributed by atoms with E-state index in [4.69, 9.17) is 10.2 Å². The summed E-state index contributed by atoms with van der Waals surface area (Å²) in [6.07, 6.45) is 0. The second kappa shape index (κ2) is 6.35. The molecule has 1 aromatic carbocycles. The summed E-state index contributed by atoms with van der Waals surface area (Å²) in [6.45, 7) is 3.13. The van der Waals surface area contributed by atoms with Crippen LogP contribution in [0, 0.1) is 5.41 Å². The van der Waals surface area contributed by atoms with Gasteiger partial charge in [-0.05, 0) is 17.7 Å². The van der Waals surface area contributed by atoms with E-state index < -0.39 is 5.41 Å². The van der Waals surface area contributed by atoms with E-state index in [9.17, 15) is 0 Å². The summed E-state index contributed by atoms with van der Waals surface area (Å²) in [5.41, 5.74) is 0.721. The van der Waals surface area contributed by atoms with E-state index in [1.54, 1.807) is 0 Å². The predicted octanol–water partition coefficient (Wildman–Crippen LogP) is 1.53. The van der Waals surface area contributed by atoms with E-state index in [0.717, 1.165) is 11.0 Å². The van der Waals surface area contributed by atoms with E-state index >= 15 is 0 Å². The van der Waals surface area contributed by atoms with Gasteiger partial charge >= 0.3 is 0 Å². The van der Waals surface area contributed by atoms with E-state index in [2.05, 4.69) is 21.2 Å². The van der Waals surface area contributed by atoms with Crippen LogP contribution in [0.5, 0.6) is 0 Å². The van der Waals surface area contributed by atoms with Crippen molar-refractivity contribution >= 4 is 15.9 Å². The third kappa shape index (κ3) is 4.22. The van der Waals surface area contributed by atoms with Gasteiger partial charge < -0.3 is 15.5 Å². The Morgan fingerprint density at radius 1 is 1.31 bits per heavy atom. The van der Waals surface area contributed by atoms with Crippen LogP contribution < -0.4 is 5.32 Å². The van der Waals surface area contributed by atoms with Gasteiger partial charge in [0.1, 0.15) is 0 Å². The number of aliphatic hydroxyl groups is 2. The van der Waals surface area contributed by atoms with Crippen LogP contribution in [0.2, 0.25) is 0 Å². The number of hydrogen-bond donors (Lipinski definition) is 3. The first kappa shape index (κ1) is 13.6. The van der Waals surface area contributed by atoms with Crippen molar-refractivity contribution in [1.29, 1.82) is 0 Å². The van der Waals surface area contributed by atoms with E-state index in [1.165, 1.54) is 5.56 Å². The molecular weight excluding hydrogens is 270 g/mol. The number of aliphatic hydroxyl groups excluding tert-OH is 2. The van der Waals surface area contributed by atoms with Crippen LogP contribution in [-0.2, 0) is 6.54 Å². The van der Waals surface area contributed by atoms with Gasteiger partial charge in [0.2, 0.25) is 0 Å². The van der Waals surface area contributed by atoms with Crippen LogP contribution in [0.25, 0.3) is 0 Å². The molecule has 1 rings (SSSR count). The van der Waals surface area contributed by atoms with E-state index in [-0.39, 0.29) is 13.2 Å². The van der Waals surface area contributed by atoms with Crippen molar-refractivity contribution in [3.63, 3.8) is 0 Å². The zero-order valence-corrected chi connectivity index (χ0v) is 11.0. The van der Waals surface area contributed by atoms with Gasteiger partial charge in [-0.1, -0.05) is 35.0 Å². The average molecular weight is 288 g/mol. The highest BCUT2D eigenvalue weighted by Gasteiger charge is 2.21. The molecule has 90 valence electrons. The molecule has 0 aromatic heterocycles. The Balaban J connectivity index is 2.41. The molecule has 0 radical (unpaired) electrons. The summed E-state index contributed by atoms with van der Waals surface area (Å²) in [4.78, 5) is 0. The van der Waals surface area contributed by atoms with Gasteiger partial charge in [0.15, 0.2) is 0 Å². The maximum absolute atomic E-state index is 9.12. The highest BCUT2D eigenvalue weighted by atomic mass is 79.9. The van der Waals surface area contributed by atoms with Crippen LogP contribution in [-0.4, -0.2) is 30.0 Å². The SMILES string of the molecule is CC(CO)(CO)CNCc1cccc(Br)c1. The highest BCUT2D eigenvalue weighted by Crippen LogP contribution is 2.14. The number of halogens is 1. The predicted molar refractivity (Wildman–Crippen MR) is 68.1 cm³/mol. The lowest BCUT2D eigenvalue weighted by atomic mass is 9.93. The van der Waals surface area contributed by atoms with Gasteiger partial charge in [-0.2, -0.15) is 0 Å². The van der Waals surface area contributed by atoms with Crippen LogP contribution in [0.4, 0.5) is 0 Å². The van der Waals surface area contributed by atoms with Crippen LogP contribution in [0.1, 0.15) is 12.5 Å². The standard InChI is InChI=1S/C12H18BrNO2/c1-12(8-15,9-16)7-14-6-10-3-2-4-11(13)5-10/h2-5,14-16H,6-9H2,1H3. The molecule has 0 heterocycles. The molecule has 16 heavy (non-hydrogen) atoms. The lowest BCUT2D eigenvalue weighted by Gasteiger charge is -2.24. The monoisotopic (exact) mass is 287 g/mol. The quantitative estimate of drug-likeness (QED) is 0.744. The van der Waals surface area contributed by atoms with Gasteiger partial charge in [-0.3, -0.25) is 0 Å². The molecule has 4 heteroatoms. The molecule has 0 aliphatic carbocycles. The lowest BCUT2D eigenvalue weighted by molar-refractivity contribution is 0.0695. The Morgan fingerprint density at radius 3 is 2.56 bits per heavy atom. The second-order valence-corrected chi connectivity index (χ2v) is 5.28. The smallest absolute Gasteiger partial charge is 0.0518 e. The fourth-order valence-electron chi connectivity index (χ4n) is 1.32. The molecular formula is C12H18BrNO2. The molecule has 0 unspecified atom stereocenters. The highest BCUT2D eigenvalue weighted by molar-refractivity contribution is 9.10. The minimum atomic E-state index is -0.452. The first-order chi connectivity index (χ1) is 7.59. The Labute approximate surface area is 105 Å². The molecule has 3 nitrogen and oxygen atoms in total. The maximum Gasteiger partial charge on any atom is 0.0518 e. The van der Waals surface area contributed by atoms with Crippen molar-refractivity contribution in [2.24, 2.45) is 5.41 Å². The normalized spacial score (nSPS) is 11.8. The van der Waals surface area contributed by atoms with Crippen LogP contribution in [0.3, 0.4) is 0 Å². The number of nitrogens with one attached hydrogen (secondary N) is 1. The molecule has 0 bridgehead atoms. The van der Waals surface area contributed by atoms with Gasteiger partial charge in [0.25, 0.3) is 0 Å². The summed E-state index contributed by atoms with van der Waals surface area (Å²) in [7, 11) is 0. The minimum Gasteiger partial charge on any atom is -0.396 e. The number of rotatable bonds is 6. The summed E-state index contributed by atoms with van der Waals surface area (Å²) in [5, 5.41) is 21.5. The molecule has 0 spiro atoms. The zero-order chi connectivity index (χ0) is 12.0. The van der Waals surface area contributed by atoms with Crippen molar-refractivity contribution in [3.8, 4) is 0 Å². The Kier molecular flexibility index (Phi) is 5.41. The topological polar surface area (TPSA) is 52.5 Å².